The molecule has 3 aliphatic heterocycles. The molecular weight excluding hydrogens is 370 g/mol. The first-order valence-electron chi connectivity index (χ1n) is 12.5. The molecule has 0 bridgehead atoms. The Hall–Kier alpha value is -1.55. The number of aryl methyl sites for hydroxylation is 1. The number of carbonyl (C=O) groups excluding carboxylic acids is 1. The van der Waals surface area contributed by atoms with E-state index in [1.54, 1.807) is 0 Å². The molecule has 1 spiro atoms. The molecule has 1 aromatic rings. The van der Waals surface area contributed by atoms with Gasteiger partial charge < -0.3 is 9.80 Å². The molecule has 1 atom stereocenters. The number of likely N-dealkylation sites (tertiary alicyclic amines) is 1. The molecule has 0 N–H and O–H groups in total. The molecule has 4 nitrogen and oxygen atoms in total. The number of benzene rings is 1. The van der Waals surface area contributed by atoms with E-state index in [2.05, 4.69) is 46.7 Å². The van der Waals surface area contributed by atoms with Crippen molar-refractivity contribution in [3.05, 3.63) is 23.8 Å². The first-order valence-corrected chi connectivity index (χ1v) is 12.5. The van der Waals surface area contributed by atoms with Crippen LogP contribution in [0.25, 0.3) is 0 Å². The van der Waals surface area contributed by atoms with Crippen LogP contribution in [0.4, 0.5) is 11.4 Å². The van der Waals surface area contributed by atoms with Crippen LogP contribution in [-0.4, -0.2) is 49.1 Å². The number of carbonyl (C=O) groups is 1. The fraction of sp³-hybridized carbons (Fsp3) is 0.731. The largest absolute Gasteiger partial charge is 0.371 e. The highest BCUT2D eigenvalue weighted by atomic mass is 16.2. The highest BCUT2D eigenvalue weighted by Gasteiger charge is 2.46. The van der Waals surface area contributed by atoms with E-state index in [0.29, 0.717) is 5.91 Å². The lowest BCUT2D eigenvalue weighted by atomic mass is 9.77. The van der Waals surface area contributed by atoms with Gasteiger partial charge in [-0.2, -0.15) is 0 Å². The van der Waals surface area contributed by atoms with Crippen LogP contribution < -0.4 is 9.80 Å². The monoisotopic (exact) mass is 409 g/mol. The molecule has 1 saturated carbocycles. The molecule has 1 amide bonds. The third kappa shape index (κ3) is 3.55. The first-order chi connectivity index (χ1) is 14.6. The summed E-state index contributed by atoms with van der Waals surface area (Å²) in [5.74, 6) is 0.405. The molecule has 3 heterocycles. The number of hydrogen-bond acceptors (Lipinski definition) is 3. The highest BCUT2D eigenvalue weighted by Crippen LogP contribution is 2.47. The van der Waals surface area contributed by atoms with E-state index in [4.69, 9.17) is 0 Å². The normalized spacial score (nSPS) is 28.1. The highest BCUT2D eigenvalue weighted by molar-refractivity contribution is 5.99. The van der Waals surface area contributed by atoms with Gasteiger partial charge in [-0.15, -0.1) is 0 Å². The van der Waals surface area contributed by atoms with Crippen LogP contribution in [0.1, 0.15) is 76.7 Å². The quantitative estimate of drug-likeness (QED) is 0.692. The van der Waals surface area contributed by atoms with Gasteiger partial charge in [0.25, 0.3) is 0 Å². The van der Waals surface area contributed by atoms with Crippen LogP contribution in [0.3, 0.4) is 0 Å². The minimum atomic E-state index is -0.0437. The lowest BCUT2D eigenvalue weighted by molar-refractivity contribution is -0.130. The molecule has 3 saturated heterocycles. The summed E-state index contributed by atoms with van der Waals surface area (Å²) in [5, 5.41) is 0. The maximum atomic E-state index is 13.4. The van der Waals surface area contributed by atoms with Gasteiger partial charge in [-0.25, -0.2) is 0 Å². The summed E-state index contributed by atoms with van der Waals surface area (Å²) in [4.78, 5) is 20.8. The second-order valence-corrected chi connectivity index (χ2v) is 10.5. The fourth-order valence-corrected chi connectivity index (χ4v) is 6.91. The van der Waals surface area contributed by atoms with Crippen LogP contribution >= 0.6 is 0 Å². The number of piperidine rings is 2. The van der Waals surface area contributed by atoms with Crippen molar-refractivity contribution in [1.29, 1.82) is 0 Å². The van der Waals surface area contributed by atoms with Crippen molar-refractivity contribution in [2.45, 2.75) is 90.1 Å². The van der Waals surface area contributed by atoms with Gasteiger partial charge in [0.05, 0.1) is 0 Å². The van der Waals surface area contributed by atoms with E-state index in [1.807, 2.05) is 0 Å². The van der Waals surface area contributed by atoms with Gasteiger partial charge in [0.1, 0.15) is 0 Å². The van der Waals surface area contributed by atoms with Gasteiger partial charge in [-0.05, 0) is 95.5 Å². The molecule has 4 fully saturated rings. The zero-order valence-electron chi connectivity index (χ0n) is 19.0. The summed E-state index contributed by atoms with van der Waals surface area (Å²) in [6.45, 7) is 9.09. The number of amides is 1. The molecule has 1 aliphatic carbocycles. The van der Waals surface area contributed by atoms with Gasteiger partial charge >= 0.3 is 0 Å². The van der Waals surface area contributed by atoms with Crippen molar-refractivity contribution in [1.82, 2.24) is 4.90 Å². The molecule has 164 valence electrons. The predicted octanol–water partition coefficient (Wildman–Crippen LogP) is 5.14. The van der Waals surface area contributed by atoms with E-state index in [9.17, 15) is 4.79 Å². The number of rotatable bonds is 3. The summed E-state index contributed by atoms with van der Waals surface area (Å²) >= 11 is 0. The van der Waals surface area contributed by atoms with Crippen LogP contribution in [0.15, 0.2) is 18.2 Å². The van der Waals surface area contributed by atoms with E-state index in [0.717, 1.165) is 63.1 Å². The average molecular weight is 410 g/mol. The standard InChI is InChI=1S/C26H39N3O/c1-20-19-23(27-17-10-22(11-18-27)28-15-5-7-21(28)2)8-9-24(20)29-16-6-14-26(25(29)30)12-3-4-13-26/h8-9,19,21-22H,3-7,10-18H2,1-2H3. The lowest BCUT2D eigenvalue weighted by Crippen LogP contribution is -2.48. The van der Waals surface area contributed by atoms with Crippen molar-refractivity contribution in [3.63, 3.8) is 0 Å². The number of anilines is 2. The Morgan fingerprint density at radius 3 is 2.30 bits per heavy atom. The molecule has 0 radical (unpaired) electrons. The zero-order valence-corrected chi connectivity index (χ0v) is 19.0. The molecule has 30 heavy (non-hydrogen) atoms. The molecular formula is C26H39N3O. The SMILES string of the molecule is Cc1cc(N2CCC(N3CCCC3C)CC2)ccc1N1CCCC2(CCCC2)C1=O. The molecule has 4 aliphatic rings. The summed E-state index contributed by atoms with van der Waals surface area (Å²) in [7, 11) is 0. The first kappa shape index (κ1) is 20.4. The number of hydrogen-bond donors (Lipinski definition) is 0. The van der Waals surface area contributed by atoms with Gasteiger partial charge in [-0.1, -0.05) is 12.8 Å². The Bertz CT molecular complexity index is 776. The molecule has 1 unspecified atom stereocenters. The Kier molecular flexibility index (Phi) is 5.55. The van der Waals surface area contributed by atoms with Crippen LogP contribution in [0.5, 0.6) is 0 Å². The summed E-state index contributed by atoms with van der Waals surface area (Å²) in [6.07, 6.45) is 12.2. The maximum absolute atomic E-state index is 13.4. The Morgan fingerprint density at radius 2 is 1.63 bits per heavy atom. The minimum Gasteiger partial charge on any atom is -0.371 e. The van der Waals surface area contributed by atoms with Gasteiger partial charge in [-0.3, -0.25) is 9.69 Å². The number of nitrogens with zero attached hydrogens (tertiary/aromatic N) is 3. The van der Waals surface area contributed by atoms with Crippen LogP contribution in [0.2, 0.25) is 0 Å². The summed E-state index contributed by atoms with van der Waals surface area (Å²) in [6, 6.07) is 8.37. The van der Waals surface area contributed by atoms with Crippen molar-refractivity contribution in [3.8, 4) is 0 Å². The minimum absolute atomic E-state index is 0.0437. The Balaban J connectivity index is 1.27. The van der Waals surface area contributed by atoms with Gasteiger partial charge in [0.15, 0.2) is 0 Å². The second kappa shape index (κ2) is 8.18. The van der Waals surface area contributed by atoms with E-state index < -0.39 is 0 Å². The van der Waals surface area contributed by atoms with E-state index in [-0.39, 0.29) is 5.41 Å². The second-order valence-electron chi connectivity index (χ2n) is 10.5. The van der Waals surface area contributed by atoms with Crippen LogP contribution in [0, 0.1) is 12.3 Å². The topological polar surface area (TPSA) is 26.8 Å². The van der Waals surface area contributed by atoms with Crippen molar-refractivity contribution < 1.29 is 4.79 Å². The smallest absolute Gasteiger partial charge is 0.233 e. The maximum Gasteiger partial charge on any atom is 0.233 e. The fourth-order valence-electron chi connectivity index (χ4n) is 6.91. The summed E-state index contributed by atoms with van der Waals surface area (Å²) < 4.78 is 0. The molecule has 5 rings (SSSR count). The van der Waals surface area contributed by atoms with E-state index in [1.165, 1.54) is 56.3 Å². The molecule has 0 aromatic heterocycles. The van der Waals surface area contributed by atoms with Crippen molar-refractivity contribution in [2.75, 3.05) is 36.0 Å². The van der Waals surface area contributed by atoms with Crippen molar-refractivity contribution >= 4 is 17.3 Å². The van der Waals surface area contributed by atoms with Gasteiger partial charge in [0.2, 0.25) is 5.91 Å². The lowest BCUT2D eigenvalue weighted by Gasteiger charge is -2.41. The third-order valence-corrected chi connectivity index (χ3v) is 8.67. The summed E-state index contributed by atoms with van der Waals surface area (Å²) in [5.41, 5.74) is 3.70. The Morgan fingerprint density at radius 1 is 0.900 bits per heavy atom. The van der Waals surface area contributed by atoms with Gasteiger partial charge in [0, 0.05) is 48.5 Å². The molecule has 1 aromatic carbocycles. The predicted molar refractivity (Wildman–Crippen MR) is 124 cm³/mol. The van der Waals surface area contributed by atoms with Crippen molar-refractivity contribution in [2.24, 2.45) is 5.41 Å². The van der Waals surface area contributed by atoms with E-state index >= 15 is 0 Å². The third-order valence-electron chi connectivity index (χ3n) is 8.67. The zero-order chi connectivity index (χ0) is 20.7. The Labute approximate surface area is 182 Å². The van der Waals surface area contributed by atoms with Crippen LogP contribution in [-0.2, 0) is 4.79 Å². The molecule has 4 heteroatoms. The average Bonchev–Trinajstić information content (AvgIpc) is 3.40.